The summed E-state index contributed by atoms with van der Waals surface area (Å²) in [6.07, 6.45) is 0. The second-order valence-corrected chi connectivity index (χ2v) is 3.04. The van der Waals surface area contributed by atoms with Crippen LogP contribution in [0.2, 0.25) is 0 Å². The first-order valence-electron chi connectivity index (χ1n) is 4.19. The van der Waals surface area contributed by atoms with E-state index < -0.39 is 0 Å². The highest BCUT2D eigenvalue weighted by Crippen LogP contribution is 2.17. The van der Waals surface area contributed by atoms with Crippen LogP contribution in [-0.4, -0.2) is 14.8 Å². The number of nitrogen functional groups attached to an aromatic ring is 2. The maximum atomic E-state index is 5.57. The largest absolute Gasteiger partial charge is 0.399 e. The van der Waals surface area contributed by atoms with Crippen molar-refractivity contribution in [1.29, 1.82) is 0 Å². The van der Waals surface area contributed by atoms with Gasteiger partial charge >= 0.3 is 0 Å². The van der Waals surface area contributed by atoms with Crippen LogP contribution in [0.1, 0.15) is 0 Å². The third kappa shape index (κ3) is 1.39. The van der Waals surface area contributed by atoms with Gasteiger partial charge in [-0.2, -0.15) is 4.98 Å². The quantitative estimate of drug-likeness (QED) is 0.645. The summed E-state index contributed by atoms with van der Waals surface area (Å²) in [6.45, 7) is 0. The Labute approximate surface area is 81.4 Å². The molecule has 14 heavy (non-hydrogen) atoms. The Morgan fingerprint density at radius 2 is 1.79 bits per heavy atom. The fourth-order valence-corrected chi connectivity index (χ4v) is 1.15. The van der Waals surface area contributed by atoms with Gasteiger partial charge in [-0.05, 0) is 24.3 Å². The summed E-state index contributed by atoms with van der Waals surface area (Å²) in [5, 5.41) is 4.15. The summed E-state index contributed by atoms with van der Waals surface area (Å²) in [5.74, 6) is 1.02. The molecule has 0 aliphatic rings. The molecule has 4 N–H and O–H groups in total. The summed E-state index contributed by atoms with van der Waals surface area (Å²) < 4.78 is 1.53. The van der Waals surface area contributed by atoms with Crippen molar-refractivity contribution in [3.63, 3.8) is 0 Å². The minimum absolute atomic E-state index is 0.400. The maximum Gasteiger partial charge on any atom is 0.218 e. The molecule has 2 rings (SSSR count). The summed E-state index contributed by atoms with van der Waals surface area (Å²) in [7, 11) is 1.75. The number of aryl methyl sites for hydroxylation is 1. The van der Waals surface area contributed by atoms with Crippen molar-refractivity contribution in [3.05, 3.63) is 24.3 Å². The molecule has 0 spiro atoms. The number of benzene rings is 1. The third-order valence-electron chi connectivity index (χ3n) is 1.97. The Hall–Kier alpha value is -2.04. The minimum Gasteiger partial charge on any atom is -0.399 e. The van der Waals surface area contributed by atoms with Gasteiger partial charge in [-0.15, -0.1) is 5.10 Å². The molecule has 5 nitrogen and oxygen atoms in total. The van der Waals surface area contributed by atoms with Crippen molar-refractivity contribution in [2.45, 2.75) is 0 Å². The molecule has 1 aromatic heterocycles. The number of rotatable bonds is 1. The molecule has 1 aromatic carbocycles. The van der Waals surface area contributed by atoms with Crippen molar-refractivity contribution >= 4 is 11.6 Å². The van der Waals surface area contributed by atoms with Crippen LogP contribution in [0.15, 0.2) is 24.3 Å². The highest BCUT2D eigenvalue weighted by Gasteiger charge is 2.05. The van der Waals surface area contributed by atoms with Gasteiger partial charge in [0, 0.05) is 18.3 Å². The van der Waals surface area contributed by atoms with Crippen LogP contribution in [0, 0.1) is 0 Å². The number of hydrogen-bond acceptors (Lipinski definition) is 4. The van der Waals surface area contributed by atoms with E-state index in [1.54, 1.807) is 7.05 Å². The van der Waals surface area contributed by atoms with Crippen LogP contribution in [-0.2, 0) is 7.05 Å². The standard InChI is InChI=1S/C9H11N5/c1-14-9(11)12-8(13-14)6-2-4-7(10)5-3-6/h2-5H,10H2,1H3,(H2,11,12,13). The molecule has 0 saturated heterocycles. The van der Waals surface area contributed by atoms with E-state index in [0.717, 1.165) is 11.3 Å². The summed E-state index contributed by atoms with van der Waals surface area (Å²) in [4.78, 5) is 4.10. The molecule has 0 radical (unpaired) electrons. The van der Waals surface area contributed by atoms with E-state index in [0.29, 0.717) is 11.8 Å². The number of aromatic nitrogens is 3. The lowest BCUT2D eigenvalue weighted by atomic mass is 10.2. The lowest BCUT2D eigenvalue weighted by Crippen LogP contribution is -1.97. The molecule has 0 aliphatic heterocycles. The van der Waals surface area contributed by atoms with Gasteiger partial charge < -0.3 is 11.5 Å². The first kappa shape index (κ1) is 8.55. The Morgan fingerprint density at radius 1 is 1.14 bits per heavy atom. The summed E-state index contributed by atoms with van der Waals surface area (Å²) in [6, 6.07) is 7.35. The number of hydrogen-bond donors (Lipinski definition) is 2. The number of nitrogens with zero attached hydrogens (tertiary/aromatic N) is 3. The van der Waals surface area contributed by atoms with Gasteiger partial charge in [-0.3, -0.25) is 0 Å². The Morgan fingerprint density at radius 3 is 2.29 bits per heavy atom. The monoisotopic (exact) mass is 189 g/mol. The van der Waals surface area contributed by atoms with Crippen LogP contribution < -0.4 is 11.5 Å². The van der Waals surface area contributed by atoms with E-state index in [1.165, 1.54) is 4.68 Å². The highest BCUT2D eigenvalue weighted by molar-refractivity contribution is 5.59. The van der Waals surface area contributed by atoms with Gasteiger partial charge in [0.15, 0.2) is 5.82 Å². The zero-order valence-electron chi connectivity index (χ0n) is 7.81. The predicted molar refractivity (Wildman–Crippen MR) is 55.3 cm³/mol. The average molecular weight is 189 g/mol. The number of nitrogens with two attached hydrogens (primary N) is 2. The molecule has 0 unspecified atom stereocenters. The molecule has 0 bridgehead atoms. The smallest absolute Gasteiger partial charge is 0.218 e. The van der Waals surface area contributed by atoms with Crippen LogP contribution in [0.25, 0.3) is 11.4 Å². The Balaban J connectivity index is 2.44. The van der Waals surface area contributed by atoms with Crippen LogP contribution >= 0.6 is 0 Å². The second kappa shape index (κ2) is 3.02. The Kier molecular flexibility index (Phi) is 1.85. The molecule has 2 aromatic rings. The molecule has 0 amide bonds. The van der Waals surface area contributed by atoms with Crippen molar-refractivity contribution < 1.29 is 0 Å². The van der Waals surface area contributed by atoms with Crippen molar-refractivity contribution in [1.82, 2.24) is 14.8 Å². The SMILES string of the molecule is Cn1nc(-c2ccc(N)cc2)nc1N. The number of anilines is 2. The Bertz CT molecular complexity index is 423. The maximum absolute atomic E-state index is 5.57. The van der Waals surface area contributed by atoms with Crippen molar-refractivity contribution in [3.8, 4) is 11.4 Å². The summed E-state index contributed by atoms with van der Waals surface area (Å²) in [5.41, 5.74) is 12.8. The minimum atomic E-state index is 0.400. The fourth-order valence-electron chi connectivity index (χ4n) is 1.15. The van der Waals surface area contributed by atoms with Crippen LogP contribution in [0.4, 0.5) is 11.6 Å². The summed E-state index contributed by atoms with van der Waals surface area (Å²) >= 11 is 0. The van der Waals surface area contributed by atoms with E-state index in [-0.39, 0.29) is 0 Å². The molecule has 72 valence electrons. The molecule has 5 heteroatoms. The lowest BCUT2D eigenvalue weighted by molar-refractivity contribution is 0.781. The first-order valence-corrected chi connectivity index (χ1v) is 4.19. The van der Waals surface area contributed by atoms with Gasteiger partial charge in [0.05, 0.1) is 0 Å². The third-order valence-corrected chi connectivity index (χ3v) is 1.97. The van der Waals surface area contributed by atoms with E-state index in [1.807, 2.05) is 24.3 Å². The average Bonchev–Trinajstić information content (AvgIpc) is 2.48. The van der Waals surface area contributed by atoms with Crippen molar-refractivity contribution in [2.24, 2.45) is 7.05 Å². The van der Waals surface area contributed by atoms with Gasteiger partial charge in [0.25, 0.3) is 0 Å². The van der Waals surface area contributed by atoms with Gasteiger partial charge in [0.2, 0.25) is 5.95 Å². The lowest BCUT2D eigenvalue weighted by Gasteiger charge is -1.95. The first-order chi connectivity index (χ1) is 6.66. The van der Waals surface area contributed by atoms with E-state index in [9.17, 15) is 0 Å². The zero-order chi connectivity index (χ0) is 10.1. The van der Waals surface area contributed by atoms with E-state index in [2.05, 4.69) is 10.1 Å². The molecule has 0 atom stereocenters. The highest BCUT2D eigenvalue weighted by atomic mass is 15.4. The fraction of sp³-hybridized carbons (Fsp3) is 0.111. The molecule has 0 fully saturated rings. The molecular weight excluding hydrogens is 178 g/mol. The van der Waals surface area contributed by atoms with E-state index >= 15 is 0 Å². The van der Waals surface area contributed by atoms with E-state index in [4.69, 9.17) is 11.5 Å². The second-order valence-electron chi connectivity index (χ2n) is 3.04. The molecular formula is C9H11N5. The van der Waals surface area contributed by atoms with Gasteiger partial charge in [0.1, 0.15) is 0 Å². The predicted octanol–water partition coefficient (Wildman–Crippen LogP) is 0.647. The van der Waals surface area contributed by atoms with Gasteiger partial charge in [-0.1, -0.05) is 0 Å². The zero-order valence-corrected chi connectivity index (χ0v) is 7.81. The van der Waals surface area contributed by atoms with Crippen molar-refractivity contribution in [2.75, 3.05) is 11.5 Å². The van der Waals surface area contributed by atoms with Crippen LogP contribution in [0.3, 0.4) is 0 Å². The molecule has 1 heterocycles. The van der Waals surface area contributed by atoms with Crippen LogP contribution in [0.5, 0.6) is 0 Å². The molecule has 0 saturated carbocycles. The normalized spacial score (nSPS) is 10.4. The molecule has 0 aliphatic carbocycles. The topological polar surface area (TPSA) is 82.8 Å². The van der Waals surface area contributed by atoms with Gasteiger partial charge in [-0.25, -0.2) is 4.68 Å².